The first-order chi connectivity index (χ1) is 7.01. The minimum Gasteiger partial charge on any atom is -0.480 e. The first-order valence-electron chi connectivity index (χ1n) is 5.74. The zero-order chi connectivity index (χ0) is 11.1. The van der Waals surface area contributed by atoms with Crippen molar-refractivity contribution in [2.45, 2.75) is 38.3 Å². The second kappa shape index (κ2) is 3.76. The summed E-state index contributed by atoms with van der Waals surface area (Å²) >= 11 is 0. The summed E-state index contributed by atoms with van der Waals surface area (Å²) in [7, 11) is 0. The highest BCUT2D eigenvalue weighted by Gasteiger charge is 2.40. The molecule has 0 spiro atoms. The van der Waals surface area contributed by atoms with Gasteiger partial charge in [0.05, 0.1) is 0 Å². The third-order valence-electron chi connectivity index (χ3n) is 3.90. The van der Waals surface area contributed by atoms with Gasteiger partial charge in [0.2, 0.25) is 0 Å². The van der Waals surface area contributed by atoms with E-state index in [1.165, 1.54) is 19.4 Å². The van der Waals surface area contributed by atoms with E-state index in [1.54, 1.807) is 13.8 Å². The van der Waals surface area contributed by atoms with Gasteiger partial charge < -0.3 is 5.11 Å². The molecule has 0 saturated carbocycles. The average molecular weight is 212 g/mol. The summed E-state index contributed by atoms with van der Waals surface area (Å²) in [4.78, 5) is 15.8. The molecule has 0 bridgehead atoms. The number of aliphatic carboxylic acids is 1. The van der Waals surface area contributed by atoms with Gasteiger partial charge in [-0.15, -0.1) is 0 Å². The fourth-order valence-corrected chi connectivity index (χ4v) is 2.63. The van der Waals surface area contributed by atoms with Crippen LogP contribution >= 0.6 is 0 Å². The van der Waals surface area contributed by atoms with Crippen LogP contribution in [0.2, 0.25) is 0 Å². The number of carboxylic acids is 1. The lowest BCUT2D eigenvalue weighted by molar-refractivity contribution is -0.151. The third kappa shape index (κ3) is 1.88. The lowest BCUT2D eigenvalue weighted by atomic mass is 10.00. The Kier molecular flexibility index (Phi) is 2.73. The summed E-state index contributed by atoms with van der Waals surface area (Å²) in [6, 6.07) is 0.595. The molecule has 2 rings (SSSR count). The minimum atomic E-state index is -0.714. The van der Waals surface area contributed by atoms with Crippen molar-refractivity contribution in [3.05, 3.63) is 0 Å². The van der Waals surface area contributed by atoms with Crippen molar-refractivity contribution in [3.63, 3.8) is 0 Å². The second-order valence-electron chi connectivity index (χ2n) is 5.14. The standard InChI is InChI=1S/C11H20N2O2/c1-11(2,10(14)15)13-7-6-12-5-3-4-9(12)8-13/h9H,3-8H2,1-2H3,(H,14,15). The summed E-state index contributed by atoms with van der Waals surface area (Å²) in [6.07, 6.45) is 2.50. The van der Waals surface area contributed by atoms with E-state index in [0.717, 1.165) is 19.6 Å². The fraction of sp³-hybridized carbons (Fsp3) is 0.909. The van der Waals surface area contributed by atoms with Crippen molar-refractivity contribution in [1.82, 2.24) is 9.80 Å². The van der Waals surface area contributed by atoms with Crippen molar-refractivity contribution in [1.29, 1.82) is 0 Å². The highest BCUT2D eigenvalue weighted by atomic mass is 16.4. The topological polar surface area (TPSA) is 43.8 Å². The van der Waals surface area contributed by atoms with Gasteiger partial charge in [0.15, 0.2) is 0 Å². The quantitative estimate of drug-likeness (QED) is 0.729. The van der Waals surface area contributed by atoms with Gasteiger partial charge >= 0.3 is 5.97 Å². The largest absolute Gasteiger partial charge is 0.480 e. The van der Waals surface area contributed by atoms with Crippen LogP contribution in [0.25, 0.3) is 0 Å². The van der Waals surface area contributed by atoms with E-state index in [0.29, 0.717) is 6.04 Å². The van der Waals surface area contributed by atoms with Crippen LogP contribution in [0.15, 0.2) is 0 Å². The Balaban J connectivity index is 2.03. The van der Waals surface area contributed by atoms with Gasteiger partial charge in [-0.1, -0.05) is 0 Å². The Labute approximate surface area is 90.9 Å². The predicted octanol–water partition coefficient (Wildman–Crippen LogP) is 0.630. The molecule has 2 aliphatic rings. The number of nitrogens with zero attached hydrogens (tertiary/aromatic N) is 2. The SMILES string of the molecule is CC(C)(C(=O)O)N1CCN2CCCC2C1. The van der Waals surface area contributed by atoms with E-state index in [9.17, 15) is 9.90 Å². The molecule has 2 heterocycles. The molecule has 0 radical (unpaired) electrons. The van der Waals surface area contributed by atoms with Crippen LogP contribution in [-0.4, -0.2) is 58.6 Å². The van der Waals surface area contributed by atoms with E-state index >= 15 is 0 Å². The number of piperazine rings is 1. The summed E-state index contributed by atoms with van der Waals surface area (Å²) in [5, 5.41) is 9.18. The lowest BCUT2D eigenvalue weighted by Gasteiger charge is -2.43. The van der Waals surface area contributed by atoms with Gasteiger partial charge in [-0.05, 0) is 33.2 Å². The van der Waals surface area contributed by atoms with Crippen LogP contribution < -0.4 is 0 Å². The predicted molar refractivity (Wildman–Crippen MR) is 57.9 cm³/mol. The van der Waals surface area contributed by atoms with Crippen LogP contribution in [0.5, 0.6) is 0 Å². The summed E-state index contributed by atoms with van der Waals surface area (Å²) in [5.74, 6) is -0.714. The average Bonchev–Trinajstić information content (AvgIpc) is 2.63. The molecule has 4 nitrogen and oxygen atoms in total. The molecule has 1 N–H and O–H groups in total. The van der Waals surface area contributed by atoms with Crippen molar-refractivity contribution >= 4 is 5.97 Å². The molecule has 4 heteroatoms. The fourth-order valence-electron chi connectivity index (χ4n) is 2.63. The molecule has 0 aromatic carbocycles. The van der Waals surface area contributed by atoms with E-state index in [4.69, 9.17) is 0 Å². The van der Waals surface area contributed by atoms with Gasteiger partial charge in [0.25, 0.3) is 0 Å². The van der Waals surface area contributed by atoms with Crippen LogP contribution in [0.1, 0.15) is 26.7 Å². The maximum absolute atomic E-state index is 11.2. The van der Waals surface area contributed by atoms with Crippen LogP contribution in [-0.2, 0) is 4.79 Å². The number of carbonyl (C=O) groups is 1. The Morgan fingerprint density at radius 1 is 1.33 bits per heavy atom. The maximum Gasteiger partial charge on any atom is 0.323 e. The number of hydrogen-bond acceptors (Lipinski definition) is 3. The highest BCUT2D eigenvalue weighted by Crippen LogP contribution is 2.26. The molecular weight excluding hydrogens is 192 g/mol. The zero-order valence-corrected chi connectivity index (χ0v) is 9.57. The van der Waals surface area contributed by atoms with Crippen molar-refractivity contribution < 1.29 is 9.90 Å². The van der Waals surface area contributed by atoms with Gasteiger partial charge in [-0.25, -0.2) is 0 Å². The van der Waals surface area contributed by atoms with Crippen molar-refractivity contribution in [2.24, 2.45) is 0 Å². The van der Waals surface area contributed by atoms with E-state index in [2.05, 4.69) is 9.80 Å². The molecule has 1 unspecified atom stereocenters. The smallest absolute Gasteiger partial charge is 0.323 e. The number of rotatable bonds is 2. The Morgan fingerprint density at radius 2 is 2.07 bits per heavy atom. The summed E-state index contributed by atoms with van der Waals surface area (Å²) in [5.41, 5.74) is -0.714. The molecule has 0 aromatic rings. The number of carboxylic acid groups (broad SMARTS) is 1. The molecule has 0 aromatic heterocycles. The molecule has 0 amide bonds. The zero-order valence-electron chi connectivity index (χ0n) is 9.57. The molecule has 2 fully saturated rings. The molecule has 86 valence electrons. The molecule has 2 saturated heterocycles. The van der Waals surface area contributed by atoms with E-state index in [1.807, 2.05) is 0 Å². The Hall–Kier alpha value is -0.610. The minimum absolute atomic E-state index is 0.595. The normalized spacial score (nSPS) is 29.1. The monoisotopic (exact) mass is 212 g/mol. The lowest BCUT2D eigenvalue weighted by Crippen LogP contribution is -2.59. The molecule has 1 atom stereocenters. The van der Waals surface area contributed by atoms with Gasteiger partial charge in [-0.3, -0.25) is 14.6 Å². The van der Waals surface area contributed by atoms with Crippen LogP contribution in [0, 0.1) is 0 Å². The van der Waals surface area contributed by atoms with E-state index in [-0.39, 0.29) is 0 Å². The third-order valence-corrected chi connectivity index (χ3v) is 3.90. The Morgan fingerprint density at radius 3 is 2.73 bits per heavy atom. The first kappa shape index (κ1) is 10.9. The van der Waals surface area contributed by atoms with Gasteiger partial charge in [-0.2, -0.15) is 0 Å². The van der Waals surface area contributed by atoms with E-state index < -0.39 is 11.5 Å². The van der Waals surface area contributed by atoms with Crippen molar-refractivity contribution in [2.75, 3.05) is 26.2 Å². The van der Waals surface area contributed by atoms with Crippen LogP contribution in [0.3, 0.4) is 0 Å². The molecule has 0 aliphatic carbocycles. The highest BCUT2D eigenvalue weighted by molar-refractivity contribution is 5.77. The Bertz CT molecular complexity index is 265. The molecule has 15 heavy (non-hydrogen) atoms. The summed E-state index contributed by atoms with van der Waals surface area (Å²) < 4.78 is 0. The van der Waals surface area contributed by atoms with Crippen LogP contribution in [0.4, 0.5) is 0 Å². The molecular formula is C11H20N2O2. The van der Waals surface area contributed by atoms with Crippen molar-refractivity contribution in [3.8, 4) is 0 Å². The van der Waals surface area contributed by atoms with Gasteiger partial charge in [0, 0.05) is 25.7 Å². The number of fused-ring (bicyclic) bond motifs is 1. The second-order valence-corrected chi connectivity index (χ2v) is 5.14. The number of hydrogen-bond donors (Lipinski definition) is 1. The van der Waals surface area contributed by atoms with Gasteiger partial charge in [0.1, 0.15) is 5.54 Å². The summed E-state index contributed by atoms with van der Waals surface area (Å²) in [6.45, 7) is 7.64. The maximum atomic E-state index is 11.2. The molecule has 2 aliphatic heterocycles. The first-order valence-corrected chi connectivity index (χ1v) is 5.74.